The Balaban J connectivity index is 1.33. The second kappa shape index (κ2) is 7.54. The topological polar surface area (TPSA) is 108 Å². The molecule has 2 aliphatic rings. The summed E-state index contributed by atoms with van der Waals surface area (Å²) in [6, 6.07) is 16.1. The van der Waals surface area contributed by atoms with Crippen molar-refractivity contribution < 1.29 is 19.1 Å². The first-order chi connectivity index (χ1) is 15.0. The van der Waals surface area contributed by atoms with E-state index >= 15 is 0 Å². The highest BCUT2D eigenvalue weighted by atomic mass is 16.5. The number of nitrogens with two attached hydrogens (primary N) is 1. The van der Waals surface area contributed by atoms with E-state index in [0.717, 1.165) is 12.0 Å². The Kier molecular flexibility index (Phi) is 4.69. The molecule has 1 aromatic heterocycles. The van der Waals surface area contributed by atoms with Crippen LogP contribution in [0.5, 0.6) is 0 Å². The number of aromatic nitrogens is 2. The number of fused-ring (bicyclic) bond motifs is 2. The summed E-state index contributed by atoms with van der Waals surface area (Å²) in [5.74, 6) is -0.898. The molecule has 0 radical (unpaired) electrons. The van der Waals surface area contributed by atoms with Gasteiger partial charge >= 0.3 is 5.97 Å². The third kappa shape index (κ3) is 3.54. The van der Waals surface area contributed by atoms with Crippen molar-refractivity contribution in [1.82, 2.24) is 14.7 Å². The number of esters is 1. The van der Waals surface area contributed by atoms with Crippen LogP contribution in [0.15, 0.2) is 54.6 Å². The average molecular weight is 418 g/mol. The van der Waals surface area contributed by atoms with Crippen LogP contribution in [0.25, 0.3) is 10.9 Å². The molecule has 0 bridgehead atoms. The van der Waals surface area contributed by atoms with E-state index in [0.29, 0.717) is 23.2 Å². The number of nitrogens with zero attached hydrogens (tertiary/aromatic N) is 3. The number of hydrogen-bond acceptors (Lipinski definition) is 5. The van der Waals surface area contributed by atoms with Crippen molar-refractivity contribution in [3.05, 3.63) is 65.9 Å². The number of hydrogen-bond donors (Lipinski definition) is 1. The molecule has 1 saturated carbocycles. The molecule has 8 nitrogen and oxygen atoms in total. The molecule has 1 saturated heterocycles. The van der Waals surface area contributed by atoms with Gasteiger partial charge in [-0.05, 0) is 30.4 Å². The van der Waals surface area contributed by atoms with E-state index < -0.39 is 11.9 Å². The number of ether oxygens (including phenoxy) is 1. The maximum atomic E-state index is 13.2. The molecule has 1 aliphatic carbocycles. The van der Waals surface area contributed by atoms with Gasteiger partial charge < -0.3 is 15.4 Å². The second-order valence-corrected chi connectivity index (χ2v) is 8.10. The molecule has 158 valence electrons. The van der Waals surface area contributed by atoms with Gasteiger partial charge in [0.1, 0.15) is 19.2 Å². The zero-order valence-corrected chi connectivity index (χ0v) is 16.8. The second-order valence-electron chi connectivity index (χ2n) is 8.10. The molecule has 5 rings (SSSR count). The minimum atomic E-state index is -0.645. The first-order valence-corrected chi connectivity index (χ1v) is 10.3. The molecule has 3 unspecified atom stereocenters. The van der Waals surface area contributed by atoms with E-state index in [1.165, 1.54) is 4.68 Å². The number of carbonyl (C=O) groups excluding carboxylic acids is 3. The summed E-state index contributed by atoms with van der Waals surface area (Å²) >= 11 is 0. The predicted molar refractivity (Wildman–Crippen MR) is 112 cm³/mol. The Morgan fingerprint density at radius 1 is 1.03 bits per heavy atom. The Hall–Kier alpha value is -3.68. The Morgan fingerprint density at radius 2 is 1.77 bits per heavy atom. The summed E-state index contributed by atoms with van der Waals surface area (Å²) in [5.41, 5.74) is 7.13. The first-order valence-electron chi connectivity index (χ1n) is 10.3. The molecule has 0 spiro atoms. The largest absolute Gasteiger partial charge is 0.459 e. The summed E-state index contributed by atoms with van der Waals surface area (Å²) < 4.78 is 6.99. The molecular weight excluding hydrogens is 396 g/mol. The minimum absolute atomic E-state index is 0.0687. The minimum Gasteiger partial charge on any atom is -0.459 e. The Bertz CT molecular complexity index is 1170. The van der Waals surface area contributed by atoms with Gasteiger partial charge in [0, 0.05) is 11.4 Å². The van der Waals surface area contributed by atoms with E-state index in [2.05, 4.69) is 5.10 Å². The zero-order valence-electron chi connectivity index (χ0n) is 16.8. The highest BCUT2D eigenvalue weighted by Crippen LogP contribution is 2.48. The van der Waals surface area contributed by atoms with Crippen LogP contribution in [0.2, 0.25) is 0 Å². The SMILES string of the molecule is NC(=O)c1nn(CC(=O)N2C(C(=O)OCc3ccccc3)CC3CC32)c2ccccc12. The fourth-order valence-corrected chi connectivity index (χ4v) is 4.49. The fraction of sp³-hybridized carbons (Fsp3) is 0.304. The lowest BCUT2D eigenvalue weighted by Gasteiger charge is -2.26. The van der Waals surface area contributed by atoms with Gasteiger partial charge in [0.15, 0.2) is 5.69 Å². The third-order valence-corrected chi connectivity index (χ3v) is 6.06. The summed E-state index contributed by atoms with van der Waals surface area (Å²) in [6.45, 7) is 0.110. The molecule has 2 amide bonds. The van der Waals surface area contributed by atoms with Crippen LogP contribution in [0.4, 0.5) is 0 Å². The molecule has 1 aliphatic heterocycles. The van der Waals surface area contributed by atoms with Gasteiger partial charge in [-0.15, -0.1) is 0 Å². The van der Waals surface area contributed by atoms with Gasteiger partial charge in [-0.1, -0.05) is 48.5 Å². The standard InChI is InChI=1S/C23H22N4O4/c24-22(29)21-16-8-4-5-9-17(16)26(25-21)12-20(28)27-18-10-15(18)11-19(27)23(30)31-13-14-6-2-1-3-7-14/h1-9,15,18-19H,10-13H2,(H2,24,29). The number of carbonyl (C=O) groups is 3. The molecule has 8 heteroatoms. The predicted octanol–water partition coefficient (Wildman–Crippen LogP) is 1.87. The molecular formula is C23H22N4O4. The van der Waals surface area contributed by atoms with Gasteiger partial charge in [-0.2, -0.15) is 5.10 Å². The number of rotatable bonds is 6. The quantitative estimate of drug-likeness (QED) is 0.615. The molecule has 3 aromatic rings. The van der Waals surface area contributed by atoms with Crippen LogP contribution in [0, 0.1) is 5.92 Å². The monoisotopic (exact) mass is 418 g/mol. The van der Waals surface area contributed by atoms with Crippen molar-refractivity contribution in [2.24, 2.45) is 11.7 Å². The van der Waals surface area contributed by atoms with Crippen molar-refractivity contribution in [3.8, 4) is 0 Å². The lowest BCUT2D eigenvalue weighted by Crippen LogP contribution is -2.45. The van der Waals surface area contributed by atoms with Crippen LogP contribution in [-0.4, -0.2) is 44.5 Å². The van der Waals surface area contributed by atoms with Gasteiger partial charge in [0.05, 0.1) is 5.52 Å². The maximum absolute atomic E-state index is 13.2. The average Bonchev–Trinajstić information content (AvgIpc) is 3.28. The number of amides is 2. The lowest BCUT2D eigenvalue weighted by molar-refractivity contribution is -0.155. The first kappa shape index (κ1) is 19.3. The normalized spacial score (nSPS) is 21.7. The van der Waals surface area contributed by atoms with Gasteiger partial charge in [-0.3, -0.25) is 14.3 Å². The molecule has 2 aromatic carbocycles. The lowest BCUT2D eigenvalue weighted by atomic mass is 10.1. The maximum Gasteiger partial charge on any atom is 0.329 e. The summed E-state index contributed by atoms with van der Waals surface area (Å²) in [5, 5.41) is 4.87. The number of likely N-dealkylation sites (tertiary alicyclic amines) is 1. The highest BCUT2D eigenvalue weighted by Gasteiger charge is 2.56. The van der Waals surface area contributed by atoms with Gasteiger partial charge in [0.25, 0.3) is 5.91 Å². The van der Waals surface area contributed by atoms with Gasteiger partial charge in [-0.25, -0.2) is 4.79 Å². The fourth-order valence-electron chi connectivity index (χ4n) is 4.49. The van der Waals surface area contributed by atoms with Crippen molar-refractivity contribution >= 4 is 28.7 Å². The van der Waals surface area contributed by atoms with Crippen molar-refractivity contribution in [2.75, 3.05) is 0 Å². The van der Waals surface area contributed by atoms with Crippen molar-refractivity contribution in [3.63, 3.8) is 0 Å². The number of piperidine rings is 1. The summed E-state index contributed by atoms with van der Waals surface area (Å²) in [7, 11) is 0. The van der Waals surface area contributed by atoms with Crippen molar-refractivity contribution in [2.45, 2.75) is 38.1 Å². The van der Waals surface area contributed by atoms with Crippen LogP contribution in [0.1, 0.15) is 28.9 Å². The van der Waals surface area contributed by atoms with Crippen LogP contribution in [-0.2, 0) is 27.5 Å². The molecule has 3 atom stereocenters. The van der Waals surface area contributed by atoms with Crippen molar-refractivity contribution in [1.29, 1.82) is 0 Å². The molecule has 2 fully saturated rings. The third-order valence-electron chi connectivity index (χ3n) is 6.06. The summed E-state index contributed by atoms with van der Waals surface area (Å²) in [6.07, 6.45) is 1.52. The van der Waals surface area contributed by atoms with E-state index in [1.54, 1.807) is 23.1 Å². The number of para-hydroxylation sites is 1. The van der Waals surface area contributed by atoms with Crippen LogP contribution in [0.3, 0.4) is 0 Å². The highest BCUT2D eigenvalue weighted by molar-refractivity contribution is 6.04. The Morgan fingerprint density at radius 3 is 2.55 bits per heavy atom. The van der Waals surface area contributed by atoms with E-state index in [4.69, 9.17) is 10.5 Å². The van der Waals surface area contributed by atoms with Gasteiger partial charge in [0.2, 0.25) is 5.91 Å². The number of benzene rings is 2. The molecule has 31 heavy (non-hydrogen) atoms. The zero-order chi connectivity index (χ0) is 21.5. The molecule has 2 heterocycles. The summed E-state index contributed by atoms with van der Waals surface area (Å²) in [4.78, 5) is 39.4. The van der Waals surface area contributed by atoms with Crippen LogP contribution >= 0.6 is 0 Å². The number of primary amides is 1. The van der Waals surface area contributed by atoms with E-state index in [1.807, 2.05) is 36.4 Å². The van der Waals surface area contributed by atoms with E-state index in [9.17, 15) is 14.4 Å². The van der Waals surface area contributed by atoms with E-state index in [-0.39, 0.29) is 36.8 Å². The molecule has 2 N–H and O–H groups in total. The van der Waals surface area contributed by atoms with Crippen LogP contribution < -0.4 is 5.73 Å². The smallest absolute Gasteiger partial charge is 0.329 e. The Labute approximate surface area is 178 Å².